The Kier molecular flexibility index (Phi) is 5.93. The third kappa shape index (κ3) is 4.64. The van der Waals surface area contributed by atoms with Crippen LogP contribution in [0.3, 0.4) is 0 Å². The van der Waals surface area contributed by atoms with Crippen LogP contribution in [-0.2, 0) is 10.0 Å². The highest BCUT2D eigenvalue weighted by Gasteiger charge is 2.12. The van der Waals surface area contributed by atoms with Crippen molar-refractivity contribution in [1.29, 1.82) is 0 Å². The van der Waals surface area contributed by atoms with Gasteiger partial charge < -0.3 is 0 Å². The van der Waals surface area contributed by atoms with E-state index in [2.05, 4.69) is 18.0 Å². The fourth-order valence-electron chi connectivity index (χ4n) is 1.61. The molecule has 0 heterocycles. The van der Waals surface area contributed by atoms with Crippen molar-refractivity contribution in [2.24, 2.45) is 4.15 Å². The van der Waals surface area contributed by atoms with E-state index in [1.807, 2.05) is 6.07 Å². The van der Waals surface area contributed by atoms with Crippen molar-refractivity contribution < 1.29 is 8.42 Å². The van der Waals surface area contributed by atoms with Gasteiger partial charge in [0.15, 0.2) is 0 Å². The highest BCUT2D eigenvalue weighted by molar-refractivity contribution is 7.92. The predicted molar refractivity (Wildman–Crippen MR) is 74.7 cm³/mol. The zero-order valence-corrected chi connectivity index (χ0v) is 12.2. The summed E-state index contributed by atoms with van der Waals surface area (Å²) in [6, 6.07) is 8.48. The van der Waals surface area contributed by atoms with Gasteiger partial charge >= 0.3 is 0 Å². The van der Waals surface area contributed by atoms with Crippen molar-refractivity contribution in [2.75, 3.05) is 12.3 Å². The van der Waals surface area contributed by atoms with Gasteiger partial charge in [-0.3, -0.25) is 0 Å². The summed E-state index contributed by atoms with van der Waals surface area (Å²) in [6.45, 7) is 4.15. The lowest BCUT2D eigenvalue weighted by Crippen LogP contribution is -1.96. The summed E-state index contributed by atoms with van der Waals surface area (Å²) in [4.78, 5) is 0.315. The maximum absolute atomic E-state index is 12.1. The highest BCUT2D eigenvalue weighted by Crippen LogP contribution is 2.31. The number of benzene rings is 1. The smallest absolute Gasteiger partial charge is 0.199 e. The standard InChI is InChI=1S/C12H20NO2PS/c1-3-10-16(11-4-2)13-17(14,15)12-8-6-5-7-9-12/h5-9,16H,3-4,10-11H2,1-2H3. The third-order valence-corrected chi connectivity index (χ3v) is 7.38. The molecule has 0 unspecified atom stereocenters. The molecule has 0 aliphatic rings. The summed E-state index contributed by atoms with van der Waals surface area (Å²) < 4.78 is 28.2. The van der Waals surface area contributed by atoms with Crippen LogP contribution >= 0.6 is 7.71 Å². The monoisotopic (exact) mass is 273 g/mol. The van der Waals surface area contributed by atoms with Gasteiger partial charge in [0, 0.05) is 0 Å². The van der Waals surface area contributed by atoms with Gasteiger partial charge in [-0.15, -0.1) is 0 Å². The molecule has 0 saturated heterocycles. The zero-order valence-electron chi connectivity index (χ0n) is 10.4. The number of hydrogen-bond acceptors (Lipinski definition) is 2. The minimum absolute atomic E-state index is 0.315. The maximum atomic E-state index is 12.1. The minimum atomic E-state index is -3.43. The van der Waals surface area contributed by atoms with Crippen molar-refractivity contribution in [2.45, 2.75) is 31.6 Å². The molecule has 5 heteroatoms. The first-order valence-corrected chi connectivity index (χ1v) is 9.28. The Morgan fingerprint density at radius 3 is 2.06 bits per heavy atom. The molecule has 0 atom stereocenters. The van der Waals surface area contributed by atoms with E-state index in [0.717, 1.165) is 25.2 Å². The molecule has 96 valence electrons. The molecule has 0 aliphatic heterocycles. The van der Waals surface area contributed by atoms with Gasteiger partial charge in [0.2, 0.25) is 0 Å². The summed E-state index contributed by atoms with van der Waals surface area (Å²) in [7, 11) is -4.55. The van der Waals surface area contributed by atoms with Crippen LogP contribution in [0.15, 0.2) is 39.4 Å². The lowest BCUT2D eigenvalue weighted by atomic mass is 10.4. The van der Waals surface area contributed by atoms with Gasteiger partial charge in [-0.05, 0) is 32.2 Å². The van der Waals surface area contributed by atoms with E-state index in [1.54, 1.807) is 24.3 Å². The molecule has 0 N–H and O–H groups in total. The topological polar surface area (TPSA) is 46.5 Å². The molecule has 0 amide bonds. The second-order valence-corrected chi connectivity index (χ2v) is 8.23. The fourth-order valence-corrected chi connectivity index (χ4v) is 6.03. The molecule has 0 saturated carbocycles. The van der Waals surface area contributed by atoms with Crippen LogP contribution in [-0.4, -0.2) is 20.7 Å². The first-order chi connectivity index (χ1) is 8.10. The fraction of sp³-hybridized carbons (Fsp3) is 0.500. The van der Waals surface area contributed by atoms with E-state index in [9.17, 15) is 8.42 Å². The minimum Gasteiger partial charge on any atom is -0.199 e. The Bertz CT molecular complexity index is 461. The summed E-state index contributed by atoms with van der Waals surface area (Å²) in [5.41, 5.74) is 0. The molecule has 17 heavy (non-hydrogen) atoms. The van der Waals surface area contributed by atoms with Crippen LogP contribution in [0.5, 0.6) is 0 Å². The Morgan fingerprint density at radius 2 is 1.59 bits per heavy atom. The Hall–Kier alpha value is -0.600. The van der Waals surface area contributed by atoms with E-state index in [-0.39, 0.29) is 0 Å². The average Bonchev–Trinajstić information content (AvgIpc) is 2.30. The Labute approximate surface area is 105 Å². The van der Waals surface area contributed by atoms with Crippen LogP contribution in [0.1, 0.15) is 26.7 Å². The molecule has 0 aliphatic carbocycles. The molecule has 0 fully saturated rings. The molecule has 1 aromatic rings. The molecule has 1 aromatic carbocycles. The SMILES string of the molecule is CCC[PH](CCC)=NS(=O)(=O)c1ccccc1. The first-order valence-electron chi connectivity index (χ1n) is 5.98. The van der Waals surface area contributed by atoms with Crippen LogP contribution < -0.4 is 0 Å². The van der Waals surface area contributed by atoms with Crippen LogP contribution in [0.2, 0.25) is 0 Å². The molecule has 1 rings (SSSR count). The van der Waals surface area contributed by atoms with Gasteiger partial charge in [-0.25, -0.2) is 0 Å². The summed E-state index contributed by atoms with van der Waals surface area (Å²) >= 11 is 0. The second kappa shape index (κ2) is 6.97. The van der Waals surface area contributed by atoms with Crippen LogP contribution in [0.25, 0.3) is 0 Å². The molecule has 0 radical (unpaired) electrons. The average molecular weight is 273 g/mol. The van der Waals surface area contributed by atoms with Gasteiger partial charge in [0.25, 0.3) is 10.0 Å². The zero-order chi connectivity index (χ0) is 12.7. The van der Waals surface area contributed by atoms with E-state index in [1.165, 1.54) is 0 Å². The molecule has 3 nitrogen and oxygen atoms in total. The summed E-state index contributed by atoms with van der Waals surface area (Å²) in [6.07, 6.45) is 3.87. The van der Waals surface area contributed by atoms with Crippen molar-refractivity contribution in [1.82, 2.24) is 0 Å². The highest BCUT2D eigenvalue weighted by atomic mass is 32.2. The molecule has 0 bridgehead atoms. The van der Waals surface area contributed by atoms with Crippen molar-refractivity contribution in [3.05, 3.63) is 30.3 Å². The van der Waals surface area contributed by atoms with Gasteiger partial charge in [-0.1, -0.05) is 44.9 Å². The predicted octanol–water partition coefficient (Wildman–Crippen LogP) is 3.59. The Balaban J connectivity index is 3.01. The van der Waals surface area contributed by atoms with Gasteiger partial charge in [-0.2, -0.15) is 12.6 Å². The van der Waals surface area contributed by atoms with Gasteiger partial charge in [0.1, 0.15) is 0 Å². The van der Waals surface area contributed by atoms with E-state index in [4.69, 9.17) is 0 Å². The summed E-state index contributed by atoms with van der Waals surface area (Å²) in [5, 5.41) is 0. The second-order valence-electron chi connectivity index (χ2n) is 3.95. The maximum Gasteiger partial charge on any atom is 0.280 e. The molecule has 0 spiro atoms. The third-order valence-electron chi connectivity index (χ3n) is 2.37. The summed E-state index contributed by atoms with van der Waals surface area (Å²) in [5.74, 6) is 0. The first kappa shape index (κ1) is 14.5. The number of nitrogens with zero attached hydrogens (tertiary/aromatic N) is 1. The largest absolute Gasteiger partial charge is 0.280 e. The molecular formula is C12H20NO2PS. The van der Waals surface area contributed by atoms with Crippen LogP contribution in [0.4, 0.5) is 0 Å². The number of sulfonamides is 1. The number of hydrogen-bond donors (Lipinski definition) is 0. The van der Waals surface area contributed by atoms with Crippen LogP contribution in [0, 0.1) is 0 Å². The van der Waals surface area contributed by atoms with E-state index < -0.39 is 17.7 Å². The molecular weight excluding hydrogens is 253 g/mol. The van der Waals surface area contributed by atoms with E-state index in [0.29, 0.717) is 4.90 Å². The van der Waals surface area contributed by atoms with Crippen molar-refractivity contribution >= 4 is 17.7 Å². The normalized spacial score (nSPS) is 11.7. The lowest BCUT2D eigenvalue weighted by molar-refractivity contribution is 0.598. The Morgan fingerprint density at radius 1 is 1.06 bits per heavy atom. The number of rotatable bonds is 6. The van der Waals surface area contributed by atoms with Gasteiger partial charge in [0.05, 0.1) is 4.90 Å². The van der Waals surface area contributed by atoms with E-state index >= 15 is 0 Å². The lowest BCUT2D eigenvalue weighted by Gasteiger charge is -2.05. The van der Waals surface area contributed by atoms with Crippen molar-refractivity contribution in [3.8, 4) is 0 Å². The quantitative estimate of drug-likeness (QED) is 0.743. The van der Waals surface area contributed by atoms with Crippen molar-refractivity contribution in [3.63, 3.8) is 0 Å². The molecule has 0 aromatic heterocycles.